The summed E-state index contributed by atoms with van der Waals surface area (Å²) in [5.74, 6) is 0. The van der Waals surface area contributed by atoms with Crippen LogP contribution >= 0.6 is 12.2 Å². The van der Waals surface area contributed by atoms with Gasteiger partial charge >= 0.3 is 5.69 Å². The summed E-state index contributed by atoms with van der Waals surface area (Å²) in [7, 11) is 0. The van der Waals surface area contributed by atoms with Crippen molar-refractivity contribution >= 4 is 12.2 Å². The van der Waals surface area contributed by atoms with E-state index in [-0.39, 0.29) is 5.69 Å². The Balaban J connectivity index is 3.45. The Morgan fingerprint density at radius 3 is 2.91 bits per heavy atom. The second kappa shape index (κ2) is 3.00. The SMILES string of the molecule is CCn1cc(C)c(=S)[nH]c1=O. The van der Waals surface area contributed by atoms with Crippen molar-refractivity contribution in [3.05, 3.63) is 26.9 Å². The van der Waals surface area contributed by atoms with Gasteiger partial charge in [0.25, 0.3) is 0 Å². The zero-order chi connectivity index (χ0) is 8.43. The highest BCUT2D eigenvalue weighted by molar-refractivity contribution is 7.71. The van der Waals surface area contributed by atoms with Crippen molar-refractivity contribution in [2.75, 3.05) is 0 Å². The smallest absolute Gasteiger partial charge is 0.301 e. The molecule has 0 saturated heterocycles. The lowest BCUT2D eigenvalue weighted by Gasteiger charge is -2.00. The Morgan fingerprint density at radius 2 is 2.36 bits per heavy atom. The van der Waals surface area contributed by atoms with E-state index in [1.807, 2.05) is 13.8 Å². The number of hydrogen-bond donors (Lipinski definition) is 1. The predicted molar refractivity (Wildman–Crippen MR) is 46.3 cm³/mol. The topological polar surface area (TPSA) is 37.8 Å². The summed E-state index contributed by atoms with van der Waals surface area (Å²) in [5.41, 5.74) is 0.796. The summed E-state index contributed by atoms with van der Waals surface area (Å²) in [6, 6.07) is 0. The number of rotatable bonds is 1. The molecule has 0 atom stereocenters. The average molecular weight is 170 g/mol. The van der Waals surface area contributed by atoms with E-state index in [1.54, 1.807) is 10.8 Å². The van der Waals surface area contributed by atoms with Crippen LogP contribution in [0.3, 0.4) is 0 Å². The van der Waals surface area contributed by atoms with E-state index in [2.05, 4.69) is 4.98 Å². The first kappa shape index (κ1) is 8.20. The van der Waals surface area contributed by atoms with E-state index in [4.69, 9.17) is 12.2 Å². The predicted octanol–water partition coefficient (Wildman–Crippen LogP) is 1.23. The van der Waals surface area contributed by atoms with Gasteiger partial charge in [0.15, 0.2) is 0 Å². The summed E-state index contributed by atoms with van der Waals surface area (Å²) in [6.07, 6.45) is 1.77. The largest absolute Gasteiger partial charge is 0.326 e. The molecule has 0 saturated carbocycles. The van der Waals surface area contributed by atoms with Gasteiger partial charge in [0.2, 0.25) is 0 Å². The standard InChI is InChI=1S/C7H10N2OS/c1-3-9-4-5(2)6(11)8-7(9)10/h4H,3H2,1-2H3,(H,8,10,11). The molecule has 1 aromatic rings. The summed E-state index contributed by atoms with van der Waals surface area (Å²) >= 11 is 4.88. The molecule has 0 aromatic carbocycles. The van der Waals surface area contributed by atoms with E-state index in [1.165, 1.54) is 0 Å². The van der Waals surface area contributed by atoms with Gasteiger partial charge in [0.05, 0.1) is 0 Å². The molecule has 1 N–H and O–H groups in total. The highest BCUT2D eigenvalue weighted by Gasteiger charge is 1.94. The number of nitrogens with zero attached hydrogens (tertiary/aromatic N) is 1. The third kappa shape index (κ3) is 1.57. The van der Waals surface area contributed by atoms with Crippen molar-refractivity contribution in [2.45, 2.75) is 20.4 Å². The minimum atomic E-state index is -0.136. The summed E-state index contributed by atoms with van der Waals surface area (Å²) in [5, 5.41) is 0. The lowest BCUT2D eigenvalue weighted by molar-refractivity contribution is 0.691. The fourth-order valence-corrected chi connectivity index (χ4v) is 0.993. The molecule has 1 heterocycles. The molecule has 0 unspecified atom stereocenters. The van der Waals surface area contributed by atoms with Gasteiger partial charge in [-0.15, -0.1) is 0 Å². The maximum absolute atomic E-state index is 11.1. The fraction of sp³-hybridized carbons (Fsp3) is 0.429. The molecule has 1 aromatic heterocycles. The molecular formula is C7H10N2OS. The maximum atomic E-state index is 11.1. The van der Waals surface area contributed by atoms with Crippen molar-refractivity contribution in [1.29, 1.82) is 0 Å². The Kier molecular flexibility index (Phi) is 2.24. The fourth-order valence-electron chi connectivity index (χ4n) is 0.853. The first-order chi connectivity index (χ1) is 5.15. The van der Waals surface area contributed by atoms with Crippen LogP contribution in [0, 0.1) is 11.6 Å². The van der Waals surface area contributed by atoms with Crippen molar-refractivity contribution in [1.82, 2.24) is 9.55 Å². The first-order valence-corrected chi connectivity index (χ1v) is 3.86. The molecule has 0 aliphatic rings. The number of aromatic nitrogens is 2. The van der Waals surface area contributed by atoms with Crippen molar-refractivity contribution < 1.29 is 0 Å². The molecule has 0 amide bonds. The maximum Gasteiger partial charge on any atom is 0.326 e. The third-order valence-electron chi connectivity index (χ3n) is 1.53. The van der Waals surface area contributed by atoms with Gasteiger partial charge in [-0.25, -0.2) is 4.79 Å². The van der Waals surface area contributed by atoms with Crippen molar-refractivity contribution in [3.63, 3.8) is 0 Å². The number of aromatic amines is 1. The molecule has 11 heavy (non-hydrogen) atoms. The Morgan fingerprint density at radius 1 is 1.73 bits per heavy atom. The van der Waals surface area contributed by atoms with Crippen LogP contribution in [0.25, 0.3) is 0 Å². The minimum Gasteiger partial charge on any atom is -0.301 e. The van der Waals surface area contributed by atoms with Crippen LogP contribution < -0.4 is 5.69 Å². The Labute approximate surface area is 69.7 Å². The van der Waals surface area contributed by atoms with Gasteiger partial charge in [0.1, 0.15) is 4.64 Å². The van der Waals surface area contributed by atoms with Crippen LogP contribution in [0.2, 0.25) is 0 Å². The van der Waals surface area contributed by atoms with Gasteiger partial charge < -0.3 is 4.57 Å². The third-order valence-corrected chi connectivity index (χ3v) is 1.95. The molecule has 0 fully saturated rings. The molecular weight excluding hydrogens is 160 g/mol. The number of nitrogens with one attached hydrogen (secondary N) is 1. The van der Waals surface area contributed by atoms with Crippen LogP contribution in [0.15, 0.2) is 11.0 Å². The van der Waals surface area contributed by atoms with Crippen LogP contribution in [-0.2, 0) is 6.54 Å². The zero-order valence-electron chi connectivity index (χ0n) is 6.55. The number of aryl methyl sites for hydroxylation is 2. The van der Waals surface area contributed by atoms with Crippen molar-refractivity contribution in [2.24, 2.45) is 0 Å². The van der Waals surface area contributed by atoms with Crippen LogP contribution in [0.1, 0.15) is 12.5 Å². The van der Waals surface area contributed by atoms with E-state index in [9.17, 15) is 4.79 Å². The summed E-state index contributed by atoms with van der Waals surface area (Å²) in [6.45, 7) is 4.47. The monoisotopic (exact) mass is 170 g/mol. The molecule has 1 rings (SSSR count). The lowest BCUT2D eigenvalue weighted by Crippen LogP contribution is -2.22. The van der Waals surface area contributed by atoms with Gasteiger partial charge in [0, 0.05) is 18.3 Å². The number of H-pyrrole nitrogens is 1. The van der Waals surface area contributed by atoms with Gasteiger partial charge in [-0.05, 0) is 13.8 Å². The van der Waals surface area contributed by atoms with E-state index in [0.29, 0.717) is 11.2 Å². The quantitative estimate of drug-likeness (QED) is 0.644. The molecule has 0 bridgehead atoms. The normalized spacial score (nSPS) is 10.0. The molecule has 0 aliphatic carbocycles. The molecule has 60 valence electrons. The molecule has 0 aliphatic heterocycles. The molecule has 3 nitrogen and oxygen atoms in total. The van der Waals surface area contributed by atoms with Crippen LogP contribution in [-0.4, -0.2) is 9.55 Å². The number of hydrogen-bond acceptors (Lipinski definition) is 2. The summed E-state index contributed by atoms with van der Waals surface area (Å²) in [4.78, 5) is 13.6. The van der Waals surface area contributed by atoms with Crippen molar-refractivity contribution in [3.8, 4) is 0 Å². The lowest BCUT2D eigenvalue weighted by atomic mass is 10.4. The van der Waals surface area contributed by atoms with E-state index in [0.717, 1.165) is 5.56 Å². The van der Waals surface area contributed by atoms with Crippen LogP contribution in [0.4, 0.5) is 0 Å². The first-order valence-electron chi connectivity index (χ1n) is 3.45. The van der Waals surface area contributed by atoms with E-state index >= 15 is 0 Å². The molecule has 0 spiro atoms. The van der Waals surface area contributed by atoms with Gasteiger partial charge in [-0.3, -0.25) is 4.98 Å². The molecule has 4 heteroatoms. The average Bonchev–Trinajstić information content (AvgIpc) is 1.97. The van der Waals surface area contributed by atoms with Gasteiger partial charge in [-0.1, -0.05) is 12.2 Å². The Bertz CT molecular complexity index is 363. The van der Waals surface area contributed by atoms with Gasteiger partial charge in [-0.2, -0.15) is 0 Å². The molecule has 0 radical (unpaired) electrons. The minimum absolute atomic E-state index is 0.136. The highest BCUT2D eigenvalue weighted by atomic mass is 32.1. The second-order valence-corrected chi connectivity index (χ2v) is 2.77. The zero-order valence-corrected chi connectivity index (χ0v) is 7.36. The van der Waals surface area contributed by atoms with Crippen LogP contribution in [0.5, 0.6) is 0 Å². The second-order valence-electron chi connectivity index (χ2n) is 2.36. The summed E-state index contributed by atoms with van der Waals surface area (Å²) < 4.78 is 2.12. The van der Waals surface area contributed by atoms with E-state index < -0.39 is 0 Å². The highest BCUT2D eigenvalue weighted by Crippen LogP contribution is 1.92. The Hall–Kier alpha value is -0.900.